The van der Waals surface area contributed by atoms with Gasteiger partial charge in [-0.15, -0.1) is 11.3 Å². The first-order valence-corrected chi connectivity index (χ1v) is 11.3. The molecule has 9 heteroatoms. The van der Waals surface area contributed by atoms with E-state index in [1.165, 1.54) is 23.1 Å². The Morgan fingerprint density at radius 3 is 2.55 bits per heavy atom. The van der Waals surface area contributed by atoms with Crippen LogP contribution < -0.4 is 20.1 Å². The Labute approximate surface area is 189 Å². The van der Waals surface area contributed by atoms with Gasteiger partial charge >= 0.3 is 0 Å². The Morgan fingerprint density at radius 2 is 1.81 bits per heavy atom. The zero-order valence-electron chi connectivity index (χ0n) is 17.4. The summed E-state index contributed by atoms with van der Waals surface area (Å²) >= 11 is 2.75. The minimum Gasteiger partial charge on any atom is -0.497 e. The number of thioether (sulfide) groups is 1. The summed E-state index contributed by atoms with van der Waals surface area (Å²) in [6.07, 6.45) is 0.165. The highest BCUT2D eigenvalue weighted by molar-refractivity contribution is 8.01. The molecule has 0 spiro atoms. The Kier molecular flexibility index (Phi) is 7.91. The van der Waals surface area contributed by atoms with Crippen LogP contribution in [-0.2, 0) is 16.0 Å². The number of amides is 2. The minimum absolute atomic E-state index is 0.136. The monoisotopic (exact) mass is 457 g/mol. The molecule has 0 aliphatic rings. The predicted molar refractivity (Wildman–Crippen MR) is 125 cm³/mol. The molecule has 3 rings (SSSR count). The maximum absolute atomic E-state index is 12.3. The van der Waals surface area contributed by atoms with Crippen molar-refractivity contribution in [3.63, 3.8) is 0 Å². The average molecular weight is 458 g/mol. The lowest BCUT2D eigenvalue weighted by Gasteiger charge is -2.08. The van der Waals surface area contributed by atoms with Crippen molar-refractivity contribution in [2.75, 3.05) is 30.6 Å². The molecular weight excluding hydrogens is 434 g/mol. The third-order valence-electron chi connectivity index (χ3n) is 4.23. The number of ether oxygens (including phenoxy) is 2. The molecule has 0 aliphatic heterocycles. The van der Waals surface area contributed by atoms with E-state index >= 15 is 0 Å². The summed E-state index contributed by atoms with van der Waals surface area (Å²) in [5.41, 5.74) is 3.00. The summed E-state index contributed by atoms with van der Waals surface area (Å²) < 4.78 is 11.1. The van der Waals surface area contributed by atoms with Gasteiger partial charge in [0.2, 0.25) is 11.8 Å². The molecule has 0 atom stereocenters. The molecule has 0 saturated heterocycles. The summed E-state index contributed by atoms with van der Waals surface area (Å²) in [5.74, 6) is 1.39. The van der Waals surface area contributed by atoms with Crippen molar-refractivity contribution in [2.24, 2.45) is 0 Å². The zero-order chi connectivity index (χ0) is 22.2. The number of aryl methyl sites for hydroxylation is 1. The first kappa shape index (κ1) is 22.6. The highest BCUT2D eigenvalue weighted by Crippen LogP contribution is 2.25. The van der Waals surface area contributed by atoms with Crippen molar-refractivity contribution in [3.8, 4) is 11.5 Å². The maximum Gasteiger partial charge on any atom is 0.234 e. The molecule has 0 saturated carbocycles. The predicted octanol–water partition coefficient (Wildman–Crippen LogP) is 4.38. The van der Waals surface area contributed by atoms with Gasteiger partial charge in [0.15, 0.2) is 4.34 Å². The number of benzene rings is 2. The van der Waals surface area contributed by atoms with Crippen molar-refractivity contribution in [1.82, 2.24) is 4.98 Å². The van der Waals surface area contributed by atoms with Gasteiger partial charge in [0.1, 0.15) is 11.5 Å². The lowest BCUT2D eigenvalue weighted by atomic mass is 10.2. The number of thiazole rings is 1. The van der Waals surface area contributed by atoms with Gasteiger partial charge in [-0.05, 0) is 42.8 Å². The van der Waals surface area contributed by atoms with Gasteiger partial charge in [-0.2, -0.15) is 0 Å². The molecule has 7 nitrogen and oxygen atoms in total. The molecule has 0 bridgehead atoms. The van der Waals surface area contributed by atoms with E-state index in [4.69, 9.17) is 9.47 Å². The van der Waals surface area contributed by atoms with Gasteiger partial charge in [0.25, 0.3) is 0 Å². The minimum atomic E-state index is -0.151. The second-order valence-electron chi connectivity index (χ2n) is 6.58. The number of anilines is 2. The summed E-state index contributed by atoms with van der Waals surface area (Å²) in [4.78, 5) is 28.9. The van der Waals surface area contributed by atoms with E-state index in [2.05, 4.69) is 15.6 Å². The van der Waals surface area contributed by atoms with Gasteiger partial charge in [0.05, 0.1) is 32.1 Å². The van der Waals surface area contributed by atoms with Gasteiger partial charge in [-0.3, -0.25) is 9.59 Å². The van der Waals surface area contributed by atoms with Crippen LogP contribution in [0.25, 0.3) is 0 Å². The molecule has 1 aromatic heterocycles. The molecule has 2 aromatic carbocycles. The maximum atomic E-state index is 12.3. The van der Waals surface area contributed by atoms with E-state index in [0.717, 1.165) is 15.7 Å². The van der Waals surface area contributed by atoms with Crippen molar-refractivity contribution >= 4 is 46.3 Å². The molecule has 3 aromatic rings. The Balaban J connectivity index is 1.47. The van der Waals surface area contributed by atoms with E-state index in [-0.39, 0.29) is 24.0 Å². The molecule has 0 radical (unpaired) electrons. The van der Waals surface area contributed by atoms with E-state index in [0.29, 0.717) is 22.8 Å². The molecule has 2 N–H and O–H groups in total. The summed E-state index contributed by atoms with van der Waals surface area (Å²) in [5, 5.41) is 7.53. The van der Waals surface area contributed by atoms with Crippen LogP contribution in [0.2, 0.25) is 0 Å². The van der Waals surface area contributed by atoms with Crippen molar-refractivity contribution in [2.45, 2.75) is 17.7 Å². The lowest BCUT2D eigenvalue weighted by Crippen LogP contribution is -2.15. The van der Waals surface area contributed by atoms with Crippen molar-refractivity contribution in [3.05, 3.63) is 59.1 Å². The Morgan fingerprint density at radius 1 is 1.03 bits per heavy atom. The number of carbonyl (C=O) groups excluding carboxylic acids is 2. The van der Waals surface area contributed by atoms with Crippen LogP contribution in [0.1, 0.15) is 11.3 Å². The second-order valence-corrected chi connectivity index (χ2v) is 8.66. The fourth-order valence-electron chi connectivity index (χ4n) is 2.79. The quantitative estimate of drug-likeness (QED) is 0.464. The fourth-order valence-corrected chi connectivity index (χ4v) is 4.43. The highest BCUT2D eigenvalue weighted by Gasteiger charge is 2.11. The number of nitrogens with zero attached hydrogens (tertiary/aromatic N) is 1. The fraction of sp³-hybridized carbons (Fsp3) is 0.227. The number of carbonyl (C=O) groups is 2. The SMILES string of the molecule is COc1cccc(NC(=O)CSc2nc(CC(=O)Nc3ccc(OC)c(C)c3)cs2)c1. The summed E-state index contributed by atoms with van der Waals surface area (Å²) in [6, 6.07) is 12.7. The van der Waals surface area contributed by atoms with Gasteiger partial charge in [0, 0.05) is 22.8 Å². The number of rotatable bonds is 9. The van der Waals surface area contributed by atoms with Crippen LogP contribution in [0, 0.1) is 6.92 Å². The molecule has 0 fully saturated rings. The van der Waals surface area contributed by atoms with Gasteiger partial charge in [-0.1, -0.05) is 17.8 Å². The number of hydrogen-bond acceptors (Lipinski definition) is 7. The zero-order valence-corrected chi connectivity index (χ0v) is 19.1. The lowest BCUT2D eigenvalue weighted by molar-refractivity contribution is -0.116. The van der Waals surface area contributed by atoms with Crippen LogP contribution in [-0.4, -0.2) is 36.8 Å². The van der Waals surface area contributed by atoms with Crippen molar-refractivity contribution < 1.29 is 19.1 Å². The second kappa shape index (κ2) is 10.8. The highest BCUT2D eigenvalue weighted by atomic mass is 32.2. The number of nitrogens with one attached hydrogen (secondary N) is 2. The molecule has 1 heterocycles. The van der Waals surface area contributed by atoms with Crippen LogP contribution in [0.15, 0.2) is 52.2 Å². The van der Waals surface area contributed by atoms with Crippen LogP contribution in [0.4, 0.5) is 11.4 Å². The number of hydrogen-bond donors (Lipinski definition) is 2. The molecule has 0 unspecified atom stereocenters. The average Bonchev–Trinajstić information content (AvgIpc) is 3.19. The van der Waals surface area contributed by atoms with E-state index in [9.17, 15) is 9.59 Å². The molecule has 162 valence electrons. The smallest absolute Gasteiger partial charge is 0.234 e. The van der Waals surface area contributed by atoms with Gasteiger partial charge < -0.3 is 20.1 Å². The van der Waals surface area contributed by atoms with Crippen LogP contribution in [0.3, 0.4) is 0 Å². The normalized spacial score (nSPS) is 10.4. The largest absolute Gasteiger partial charge is 0.497 e. The Bertz CT molecular complexity index is 1070. The Hall–Kier alpha value is -3.04. The summed E-state index contributed by atoms with van der Waals surface area (Å²) in [7, 11) is 3.19. The molecule has 2 amide bonds. The van der Waals surface area contributed by atoms with Gasteiger partial charge in [-0.25, -0.2) is 4.98 Å². The number of methoxy groups -OCH3 is 2. The van der Waals surface area contributed by atoms with E-state index < -0.39 is 0 Å². The third kappa shape index (κ3) is 6.73. The van der Waals surface area contributed by atoms with E-state index in [1.807, 2.05) is 36.6 Å². The van der Waals surface area contributed by atoms with E-state index in [1.54, 1.807) is 32.4 Å². The standard InChI is InChI=1S/C22H23N3O4S2/c1-14-9-16(7-8-19(14)29-3)23-20(26)11-17-12-30-22(25-17)31-13-21(27)24-15-5-4-6-18(10-15)28-2/h4-10,12H,11,13H2,1-3H3,(H,23,26)(H,24,27). The number of aromatic nitrogens is 1. The van der Waals surface area contributed by atoms with Crippen LogP contribution >= 0.6 is 23.1 Å². The van der Waals surface area contributed by atoms with Crippen LogP contribution in [0.5, 0.6) is 11.5 Å². The molecule has 0 aliphatic carbocycles. The molecular formula is C22H23N3O4S2. The van der Waals surface area contributed by atoms with Crippen molar-refractivity contribution in [1.29, 1.82) is 0 Å². The molecule has 31 heavy (non-hydrogen) atoms. The topological polar surface area (TPSA) is 89.5 Å². The first-order chi connectivity index (χ1) is 15.0. The third-order valence-corrected chi connectivity index (χ3v) is 6.30. The summed E-state index contributed by atoms with van der Waals surface area (Å²) in [6.45, 7) is 1.92. The first-order valence-electron chi connectivity index (χ1n) is 9.42.